The van der Waals surface area contributed by atoms with Crippen molar-refractivity contribution in [2.75, 3.05) is 11.9 Å². The van der Waals surface area contributed by atoms with Gasteiger partial charge in [-0.25, -0.2) is 8.42 Å². The van der Waals surface area contributed by atoms with Crippen LogP contribution in [0.5, 0.6) is 0 Å². The van der Waals surface area contributed by atoms with Gasteiger partial charge in [0.25, 0.3) is 10.0 Å². The molecule has 0 saturated heterocycles. The van der Waals surface area contributed by atoms with Gasteiger partial charge in [-0.15, -0.1) is 0 Å². The summed E-state index contributed by atoms with van der Waals surface area (Å²) in [5.41, 5.74) is 4.85. The molecule has 3 rings (SSSR count). The van der Waals surface area contributed by atoms with E-state index in [9.17, 15) is 13.2 Å². The fraction of sp³-hybridized carbons (Fsp3) is 0.182. The van der Waals surface area contributed by atoms with Gasteiger partial charge < -0.3 is 5.32 Å². The monoisotopic (exact) mass is 409 g/mol. The minimum atomic E-state index is -3.70. The second-order valence-corrected chi connectivity index (χ2v) is 8.55. The van der Waals surface area contributed by atoms with E-state index in [1.807, 2.05) is 45.0 Å². The molecular formula is C22H23N3O3S. The minimum absolute atomic E-state index is 0.121. The van der Waals surface area contributed by atoms with Crippen LogP contribution in [0.15, 0.2) is 75.8 Å². The van der Waals surface area contributed by atoms with Crippen molar-refractivity contribution >= 4 is 33.4 Å². The van der Waals surface area contributed by atoms with Crippen LogP contribution in [-0.4, -0.2) is 26.6 Å². The van der Waals surface area contributed by atoms with Crippen molar-refractivity contribution in [2.24, 2.45) is 4.99 Å². The van der Waals surface area contributed by atoms with Crippen molar-refractivity contribution in [2.45, 2.75) is 25.7 Å². The maximum atomic E-state index is 12.6. The average molecular weight is 410 g/mol. The largest absolute Gasteiger partial charge is 0.323 e. The highest BCUT2D eigenvalue weighted by molar-refractivity contribution is 7.89. The lowest BCUT2D eigenvalue weighted by molar-refractivity contribution is -0.111. The molecule has 1 heterocycles. The second-order valence-electron chi connectivity index (χ2n) is 6.87. The molecule has 0 unspecified atom stereocenters. The number of hydrogen-bond acceptors (Lipinski definition) is 4. The molecule has 2 aromatic rings. The van der Waals surface area contributed by atoms with Crippen molar-refractivity contribution in [3.8, 4) is 0 Å². The highest BCUT2D eigenvalue weighted by atomic mass is 32.2. The van der Waals surface area contributed by atoms with Crippen LogP contribution >= 0.6 is 0 Å². The van der Waals surface area contributed by atoms with Gasteiger partial charge in [0.15, 0.2) is 0 Å². The number of aryl methyl sites for hydroxylation is 1. The van der Waals surface area contributed by atoms with Gasteiger partial charge in [-0.05, 0) is 62.2 Å². The summed E-state index contributed by atoms with van der Waals surface area (Å²) >= 11 is 0. The second kappa shape index (κ2) is 8.45. The van der Waals surface area contributed by atoms with Crippen molar-refractivity contribution < 1.29 is 13.2 Å². The van der Waals surface area contributed by atoms with E-state index in [-0.39, 0.29) is 10.8 Å². The molecule has 0 saturated carbocycles. The summed E-state index contributed by atoms with van der Waals surface area (Å²) in [4.78, 5) is 16.4. The number of carbonyl (C=O) groups excluding carboxylic acids is 1. The molecule has 0 spiro atoms. The highest BCUT2D eigenvalue weighted by Crippen LogP contribution is 2.18. The molecule has 2 N–H and O–H groups in total. The van der Waals surface area contributed by atoms with E-state index in [1.165, 1.54) is 18.2 Å². The first-order valence-corrected chi connectivity index (χ1v) is 10.6. The van der Waals surface area contributed by atoms with Crippen molar-refractivity contribution in [1.29, 1.82) is 0 Å². The molecule has 0 aliphatic carbocycles. The van der Waals surface area contributed by atoms with Crippen LogP contribution < -0.4 is 10.0 Å². The van der Waals surface area contributed by atoms with Crippen molar-refractivity contribution in [3.05, 3.63) is 77.0 Å². The summed E-state index contributed by atoms with van der Waals surface area (Å²) in [6.07, 6.45) is 3.16. The van der Waals surface area contributed by atoms with E-state index in [1.54, 1.807) is 18.2 Å². The van der Waals surface area contributed by atoms with Crippen LogP contribution in [0.3, 0.4) is 0 Å². The molecule has 0 aromatic heterocycles. The third-order valence-corrected chi connectivity index (χ3v) is 6.07. The van der Waals surface area contributed by atoms with E-state index < -0.39 is 10.0 Å². The Kier molecular flexibility index (Phi) is 5.98. The van der Waals surface area contributed by atoms with Crippen LogP contribution in [0.2, 0.25) is 0 Å². The average Bonchev–Trinajstić information content (AvgIpc) is 2.99. The Balaban J connectivity index is 1.63. The molecule has 0 atom stereocenters. The Labute approximate surface area is 171 Å². The quantitative estimate of drug-likeness (QED) is 0.714. The fourth-order valence-electron chi connectivity index (χ4n) is 2.73. The maximum absolute atomic E-state index is 12.6. The summed E-state index contributed by atoms with van der Waals surface area (Å²) in [6, 6.07) is 13.8. The lowest BCUT2D eigenvalue weighted by Gasteiger charge is -2.10. The number of rotatable bonds is 6. The first-order valence-electron chi connectivity index (χ1n) is 9.14. The third-order valence-electron chi connectivity index (χ3n) is 4.66. The lowest BCUT2D eigenvalue weighted by Crippen LogP contribution is -2.24. The number of hydrogen-bond donors (Lipinski definition) is 2. The number of benzene rings is 2. The highest BCUT2D eigenvalue weighted by Gasteiger charge is 2.20. The molecule has 150 valence electrons. The van der Waals surface area contributed by atoms with Gasteiger partial charge in [-0.3, -0.25) is 14.5 Å². The number of allylic oxidation sites excluding steroid dienone is 1. The number of anilines is 1. The summed E-state index contributed by atoms with van der Waals surface area (Å²) in [5, 5.41) is 2.72. The molecular weight excluding hydrogens is 386 g/mol. The molecule has 6 nitrogen and oxygen atoms in total. The van der Waals surface area contributed by atoms with Crippen LogP contribution in [0.4, 0.5) is 5.69 Å². The number of aliphatic imine (C=N–C) groups is 1. The molecule has 0 radical (unpaired) electrons. The van der Waals surface area contributed by atoms with Gasteiger partial charge in [-0.1, -0.05) is 29.8 Å². The van der Waals surface area contributed by atoms with Crippen LogP contribution in [0, 0.1) is 6.92 Å². The van der Waals surface area contributed by atoms with Gasteiger partial charge in [0.1, 0.15) is 0 Å². The van der Waals surface area contributed by atoms with Gasteiger partial charge >= 0.3 is 0 Å². The smallest absolute Gasteiger partial charge is 0.261 e. The predicted octanol–water partition coefficient (Wildman–Crippen LogP) is 3.67. The molecule has 1 aliphatic heterocycles. The zero-order valence-electron chi connectivity index (χ0n) is 16.6. The fourth-order valence-corrected chi connectivity index (χ4v) is 3.89. The number of sulfonamides is 1. The number of carbonyl (C=O) groups is 1. The van der Waals surface area contributed by atoms with Gasteiger partial charge in [0, 0.05) is 17.5 Å². The summed E-state index contributed by atoms with van der Waals surface area (Å²) in [5.74, 6) is -0.293. The maximum Gasteiger partial charge on any atom is 0.261 e. The third kappa shape index (κ3) is 5.20. The Hall–Kier alpha value is -3.19. The molecule has 1 amide bonds. The molecule has 1 aliphatic rings. The zero-order valence-corrected chi connectivity index (χ0v) is 17.4. The summed E-state index contributed by atoms with van der Waals surface area (Å²) in [7, 11) is -3.70. The minimum Gasteiger partial charge on any atom is -0.323 e. The molecule has 29 heavy (non-hydrogen) atoms. The summed E-state index contributed by atoms with van der Waals surface area (Å²) < 4.78 is 27.7. The van der Waals surface area contributed by atoms with Gasteiger partial charge in [0.2, 0.25) is 5.91 Å². The first kappa shape index (κ1) is 20.5. The topological polar surface area (TPSA) is 87.6 Å². The Morgan fingerprint density at radius 2 is 1.66 bits per heavy atom. The van der Waals surface area contributed by atoms with E-state index in [0.717, 1.165) is 22.4 Å². The number of nitrogens with zero attached hydrogens (tertiary/aromatic N) is 1. The Morgan fingerprint density at radius 1 is 1.00 bits per heavy atom. The Bertz CT molecular complexity index is 1110. The van der Waals surface area contributed by atoms with E-state index in [0.29, 0.717) is 17.9 Å². The van der Waals surface area contributed by atoms with Gasteiger partial charge in [-0.2, -0.15) is 0 Å². The SMILES string of the molecule is CC1=NCC(NS(=O)(=O)c2ccc(NC(=O)/C=C/c3ccc(C)cc3)cc2)=C1C. The van der Waals surface area contributed by atoms with Crippen LogP contribution in [0.1, 0.15) is 25.0 Å². The normalized spacial score (nSPS) is 14.2. The number of amides is 1. The van der Waals surface area contributed by atoms with Gasteiger partial charge in [0.05, 0.1) is 17.1 Å². The standard InChI is InChI=1S/C22H23N3O3S/c1-15-4-6-18(7-5-15)8-13-22(26)24-19-9-11-20(12-10-19)29(27,28)25-21-14-23-17(3)16(21)2/h4-13,25H,14H2,1-3H3,(H,24,26)/b13-8+. The van der Waals surface area contributed by atoms with E-state index >= 15 is 0 Å². The molecule has 0 fully saturated rings. The summed E-state index contributed by atoms with van der Waals surface area (Å²) in [6.45, 7) is 6.02. The predicted molar refractivity (Wildman–Crippen MR) is 116 cm³/mol. The van der Waals surface area contributed by atoms with Crippen molar-refractivity contribution in [3.63, 3.8) is 0 Å². The van der Waals surface area contributed by atoms with Crippen LogP contribution in [-0.2, 0) is 14.8 Å². The van der Waals surface area contributed by atoms with E-state index in [4.69, 9.17) is 0 Å². The first-order chi connectivity index (χ1) is 13.7. The zero-order chi connectivity index (χ0) is 21.0. The molecule has 7 heteroatoms. The molecule has 0 bridgehead atoms. The van der Waals surface area contributed by atoms with Crippen LogP contribution in [0.25, 0.3) is 6.08 Å². The van der Waals surface area contributed by atoms with E-state index in [2.05, 4.69) is 15.0 Å². The molecule has 2 aromatic carbocycles. The van der Waals surface area contributed by atoms with Crippen molar-refractivity contribution in [1.82, 2.24) is 4.72 Å². The number of nitrogens with one attached hydrogen (secondary N) is 2. The Morgan fingerprint density at radius 3 is 2.24 bits per heavy atom. The lowest BCUT2D eigenvalue weighted by atomic mass is 10.1.